The van der Waals surface area contributed by atoms with Crippen molar-refractivity contribution < 1.29 is 5.11 Å². The molecule has 2 fully saturated rings. The molecule has 0 saturated carbocycles. The number of hydrogen-bond donors (Lipinski definition) is 2. The fourth-order valence-electron chi connectivity index (χ4n) is 3.32. The molecule has 124 valence electrons. The molecule has 2 N–H and O–H groups in total. The monoisotopic (exact) mass is 442 g/mol. The van der Waals surface area contributed by atoms with E-state index in [4.69, 9.17) is 0 Å². The number of nitrogens with zero attached hydrogens (tertiary/aromatic N) is 3. The molecule has 0 spiro atoms. The van der Waals surface area contributed by atoms with E-state index in [1.165, 1.54) is 0 Å². The zero-order valence-electron chi connectivity index (χ0n) is 12.6. The molecule has 0 amide bonds. The van der Waals surface area contributed by atoms with E-state index in [2.05, 4.69) is 20.4 Å². The van der Waals surface area contributed by atoms with Crippen LogP contribution in [0.5, 0.6) is 5.75 Å². The number of anilines is 1. The van der Waals surface area contributed by atoms with Crippen molar-refractivity contribution in [1.82, 2.24) is 15.5 Å². The molecule has 1 aromatic carbocycles. The number of phenolic OH excluding ortho intramolecular Hbond substituents is 1. The van der Waals surface area contributed by atoms with Gasteiger partial charge in [0.05, 0.1) is 5.69 Å². The second-order valence-electron chi connectivity index (χ2n) is 5.91. The van der Waals surface area contributed by atoms with Crippen LogP contribution in [-0.4, -0.2) is 41.5 Å². The summed E-state index contributed by atoms with van der Waals surface area (Å²) in [5, 5.41) is 21.5. The first-order valence-electron chi connectivity index (χ1n) is 7.38. The fraction of sp³-hybridized carbons (Fsp3) is 0.375. The van der Waals surface area contributed by atoms with Crippen LogP contribution < -0.4 is 10.2 Å². The van der Waals surface area contributed by atoms with E-state index >= 15 is 0 Å². The predicted octanol–water partition coefficient (Wildman–Crippen LogP) is 2.66. The molecule has 23 heavy (non-hydrogen) atoms. The lowest BCUT2D eigenvalue weighted by Crippen LogP contribution is -2.26. The van der Waals surface area contributed by atoms with Crippen molar-refractivity contribution in [2.45, 2.75) is 0 Å². The normalized spacial score (nSPS) is 22.2. The molecule has 2 atom stereocenters. The Morgan fingerprint density at radius 3 is 2.13 bits per heavy atom. The van der Waals surface area contributed by atoms with Gasteiger partial charge in [0.2, 0.25) is 0 Å². The molecule has 2 aliphatic rings. The van der Waals surface area contributed by atoms with Crippen molar-refractivity contribution >= 4 is 39.8 Å². The van der Waals surface area contributed by atoms with Crippen LogP contribution in [0.15, 0.2) is 36.4 Å². The number of halogens is 2. The third-order valence-electron chi connectivity index (χ3n) is 4.53. The lowest BCUT2D eigenvalue weighted by Gasteiger charge is -2.17. The van der Waals surface area contributed by atoms with Crippen LogP contribution in [0.2, 0.25) is 0 Å². The Balaban J connectivity index is 0.000000960. The molecular formula is C16H20Br2N4O. The van der Waals surface area contributed by atoms with Gasteiger partial charge in [0.1, 0.15) is 5.75 Å². The molecule has 2 saturated heterocycles. The zero-order chi connectivity index (χ0) is 14.2. The summed E-state index contributed by atoms with van der Waals surface area (Å²) < 4.78 is 0. The van der Waals surface area contributed by atoms with Crippen molar-refractivity contribution in [1.29, 1.82) is 0 Å². The van der Waals surface area contributed by atoms with E-state index in [-0.39, 0.29) is 39.7 Å². The van der Waals surface area contributed by atoms with Crippen LogP contribution in [0.25, 0.3) is 11.3 Å². The lowest BCUT2D eigenvalue weighted by atomic mass is 10.0. The summed E-state index contributed by atoms with van der Waals surface area (Å²) >= 11 is 0. The topological polar surface area (TPSA) is 61.3 Å². The third kappa shape index (κ3) is 3.67. The number of fused-ring (bicyclic) bond motifs is 1. The Morgan fingerprint density at radius 2 is 1.57 bits per heavy atom. The van der Waals surface area contributed by atoms with Gasteiger partial charge >= 0.3 is 0 Å². The van der Waals surface area contributed by atoms with Gasteiger partial charge in [0.25, 0.3) is 0 Å². The highest BCUT2D eigenvalue weighted by Crippen LogP contribution is 2.29. The molecule has 1 aromatic heterocycles. The summed E-state index contributed by atoms with van der Waals surface area (Å²) in [5.74, 6) is 2.74. The van der Waals surface area contributed by atoms with Gasteiger partial charge in [-0.15, -0.1) is 44.2 Å². The van der Waals surface area contributed by atoms with Crippen LogP contribution >= 0.6 is 34.0 Å². The first kappa shape index (κ1) is 18.2. The van der Waals surface area contributed by atoms with E-state index in [9.17, 15) is 5.11 Å². The Morgan fingerprint density at radius 1 is 0.913 bits per heavy atom. The number of hydrogen-bond acceptors (Lipinski definition) is 5. The highest BCUT2D eigenvalue weighted by atomic mass is 79.9. The smallest absolute Gasteiger partial charge is 0.151 e. The van der Waals surface area contributed by atoms with Crippen LogP contribution in [-0.2, 0) is 0 Å². The summed E-state index contributed by atoms with van der Waals surface area (Å²) in [6.45, 7) is 4.40. The third-order valence-corrected chi connectivity index (χ3v) is 4.53. The first-order valence-corrected chi connectivity index (χ1v) is 7.38. The average Bonchev–Trinajstić information content (AvgIpc) is 3.10. The Bertz CT molecular complexity index is 624. The molecule has 7 heteroatoms. The van der Waals surface area contributed by atoms with Crippen LogP contribution in [0, 0.1) is 11.8 Å². The van der Waals surface area contributed by atoms with Crippen LogP contribution in [0.1, 0.15) is 0 Å². The molecule has 5 nitrogen and oxygen atoms in total. The maximum absolute atomic E-state index is 9.32. The largest absolute Gasteiger partial charge is 0.508 e. The minimum absolute atomic E-state index is 0. The number of phenols is 1. The van der Waals surface area contributed by atoms with Gasteiger partial charge < -0.3 is 15.3 Å². The molecule has 0 radical (unpaired) electrons. The standard InChI is InChI=1S/C16H18N4O.2BrH/c21-14-3-1-11(2-4-14)15-5-6-16(19-18-15)20-9-12-7-17-8-13(12)10-20;;/h1-6,12-13,17,21H,7-10H2;2*1H. The SMILES string of the molecule is Br.Br.Oc1ccc(-c2ccc(N3CC4CNCC4C3)nn2)cc1. The summed E-state index contributed by atoms with van der Waals surface area (Å²) in [6, 6.07) is 11.1. The minimum Gasteiger partial charge on any atom is -0.508 e. The number of aromatic hydroxyl groups is 1. The minimum atomic E-state index is 0. The second-order valence-corrected chi connectivity index (χ2v) is 5.91. The molecule has 0 bridgehead atoms. The van der Waals surface area contributed by atoms with Gasteiger partial charge in [-0.05, 0) is 48.2 Å². The Labute approximate surface area is 156 Å². The van der Waals surface area contributed by atoms with Gasteiger partial charge in [-0.2, -0.15) is 0 Å². The number of benzene rings is 1. The molecule has 0 aliphatic carbocycles. The Hall–Kier alpha value is -1.18. The molecule has 4 rings (SSSR count). The summed E-state index contributed by atoms with van der Waals surface area (Å²) in [6.07, 6.45) is 0. The molecule has 2 aliphatic heterocycles. The van der Waals surface area contributed by atoms with Gasteiger partial charge in [-0.25, -0.2) is 0 Å². The molecule has 3 heterocycles. The van der Waals surface area contributed by atoms with Gasteiger partial charge in [0.15, 0.2) is 5.82 Å². The average molecular weight is 444 g/mol. The fourth-order valence-corrected chi connectivity index (χ4v) is 3.32. The van der Waals surface area contributed by atoms with Crippen molar-refractivity contribution in [3.63, 3.8) is 0 Å². The summed E-state index contributed by atoms with van der Waals surface area (Å²) in [7, 11) is 0. The number of aromatic nitrogens is 2. The van der Waals surface area contributed by atoms with E-state index in [1.54, 1.807) is 12.1 Å². The zero-order valence-corrected chi connectivity index (χ0v) is 16.0. The maximum atomic E-state index is 9.32. The number of nitrogens with one attached hydrogen (secondary N) is 1. The lowest BCUT2D eigenvalue weighted by molar-refractivity contribution is 0.475. The van der Waals surface area contributed by atoms with Crippen LogP contribution in [0.4, 0.5) is 5.82 Å². The van der Waals surface area contributed by atoms with Gasteiger partial charge in [0, 0.05) is 31.7 Å². The Kier molecular flexibility index (Phi) is 6.00. The van der Waals surface area contributed by atoms with Crippen molar-refractivity contribution in [3.8, 4) is 17.0 Å². The maximum Gasteiger partial charge on any atom is 0.151 e. The highest BCUT2D eigenvalue weighted by molar-refractivity contribution is 8.93. The molecule has 2 aromatic rings. The first-order chi connectivity index (χ1) is 10.3. The highest BCUT2D eigenvalue weighted by Gasteiger charge is 2.36. The molecular weight excluding hydrogens is 424 g/mol. The molecule has 2 unspecified atom stereocenters. The second kappa shape index (κ2) is 7.59. The van der Waals surface area contributed by atoms with Crippen molar-refractivity contribution in [2.75, 3.05) is 31.1 Å². The van der Waals surface area contributed by atoms with E-state index < -0.39 is 0 Å². The van der Waals surface area contributed by atoms with Crippen molar-refractivity contribution in [2.24, 2.45) is 11.8 Å². The van der Waals surface area contributed by atoms with Crippen molar-refractivity contribution in [3.05, 3.63) is 36.4 Å². The summed E-state index contributed by atoms with van der Waals surface area (Å²) in [4.78, 5) is 2.34. The van der Waals surface area contributed by atoms with E-state index in [0.29, 0.717) is 0 Å². The summed E-state index contributed by atoms with van der Waals surface area (Å²) in [5.41, 5.74) is 1.80. The van der Waals surface area contributed by atoms with E-state index in [1.807, 2.05) is 24.3 Å². The number of rotatable bonds is 2. The van der Waals surface area contributed by atoms with E-state index in [0.717, 1.165) is 55.1 Å². The van der Waals surface area contributed by atoms with Gasteiger partial charge in [-0.3, -0.25) is 0 Å². The van der Waals surface area contributed by atoms with Gasteiger partial charge in [-0.1, -0.05) is 0 Å². The predicted molar refractivity (Wildman–Crippen MR) is 102 cm³/mol. The quantitative estimate of drug-likeness (QED) is 0.747. The van der Waals surface area contributed by atoms with Crippen LogP contribution in [0.3, 0.4) is 0 Å².